The van der Waals surface area contributed by atoms with Gasteiger partial charge in [0.1, 0.15) is 0 Å². The minimum atomic E-state index is -3.09. The molecule has 7 nitrogen and oxygen atoms in total. The van der Waals surface area contributed by atoms with Crippen LogP contribution in [0.3, 0.4) is 0 Å². The van der Waals surface area contributed by atoms with Crippen molar-refractivity contribution in [1.82, 2.24) is 10.2 Å². The Balaban J connectivity index is 2.12. The number of ether oxygens (including phenoxy) is 2. The molecular formula is C20H33N3O4S. The van der Waals surface area contributed by atoms with E-state index in [0.29, 0.717) is 31.1 Å². The first kappa shape index (κ1) is 22.3. The molecule has 2 rings (SSSR count). The molecule has 1 aliphatic rings. The molecule has 0 atom stereocenters. The van der Waals surface area contributed by atoms with Gasteiger partial charge in [0, 0.05) is 32.1 Å². The number of hydrogen-bond donors (Lipinski definition) is 1. The van der Waals surface area contributed by atoms with E-state index in [-0.39, 0.29) is 11.2 Å². The van der Waals surface area contributed by atoms with Crippen molar-refractivity contribution in [3.8, 4) is 11.5 Å². The number of guanidine groups is 1. The van der Waals surface area contributed by atoms with Gasteiger partial charge in [-0.3, -0.25) is 4.99 Å². The minimum absolute atomic E-state index is 0.139. The number of methoxy groups -OCH3 is 2. The fourth-order valence-corrected chi connectivity index (χ4v) is 4.68. The Morgan fingerprint density at radius 1 is 1.25 bits per heavy atom. The van der Waals surface area contributed by atoms with Crippen molar-refractivity contribution in [3.05, 3.63) is 23.8 Å². The Hall–Kier alpha value is -1.96. The molecule has 0 bridgehead atoms. The summed E-state index contributed by atoms with van der Waals surface area (Å²) >= 11 is 0. The van der Waals surface area contributed by atoms with Crippen molar-refractivity contribution in [2.45, 2.75) is 37.9 Å². The number of aliphatic imine (C=N–C) groups is 1. The van der Waals surface area contributed by atoms with Crippen molar-refractivity contribution >= 4 is 15.8 Å². The molecule has 0 radical (unpaired) electrons. The fourth-order valence-electron chi connectivity index (χ4n) is 3.32. The first-order valence-corrected chi connectivity index (χ1v) is 11.0. The Morgan fingerprint density at radius 2 is 1.89 bits per heavy atom. The zero-order valence-corrected chi connectivity index (χ0v) is 18.8. The van der Waals surface area contributed by atoms with E-state index in [1.807, 2.05) is 23.1 Å². The summed E-state index contributed by atoms with van der Waals surface area (Å²) in [6.45, 7) is 9.33. The first-order valence-electron chi connectivity index (χ1n) is 9.38. The molecule has 0 aromatic heterocycles. The smallest absolute Gasteiger partial charge is 0.193 e. The van der Waals surface area contributed by atoms with Gasteiger partial charge in [-0.2, -0.15) is 0 Å². The van der Waals surface area contributed by atoms with E-state index >= 15 is 0 Å². The summed E-state index contributed by atoms with van der Waals surface area (Å²) in [5, 5.41) is 3.42. The lowest BCUT2D eigenvalue weighted by Crippen LogP contribution is -2.58. The standard InChI is InChI=1S/C20H33N3O4S/c1-19(2,15-8-9-16(26-6)17(12-15)27-7)13-22-18(21-5)23-10-11-28(24,25)20(3,4)14-23/h8-9,12H,10-11,13-14H2,1-7H3,(H,21,22). The van der Waals surface area contributed by atoms with Crippen LogP contribution in [-0.2, 0) is 15.3 Å². The molecule has 1 heterocycles. The van der Waals surface area contributed by atoms with Crippen LogP contribution in [0.25, 0.3) is 0 Å². The van der Waals surface area contributed by atoms with Gasteiger partial charge in [0.2, 0.25) is 0 Å². The normalized spacial score (nSPS) is 19.2. The molecule has 8 heteroatoms. The first-order chi connectivity index (χ1) is 13.0. The van der Waals surface area contributed by atoms with Crippen LogP contribution in [0.15, 0.2) is 23.2 Å². The maximum atomic E-state index is 12.3. The molecule has 0 aliphatic carbocycles. The Bertz CT molecular complexity index is 832. The molecule has 0 spiro atoms. The molecule has 0 saturated carbocycles. The Morgan fingerprint density at radius 3 is 2.43 bits per heavy atom. The highest BCUT2D eigenvalue weighted by atomic mass is 32.2. The third kappa shape index (κ3) is 4.54. The molecule has 1 aromatic rings. The van der Waals surface area contributed by atoms with Gasteiger partial charge in [0.25, 0.3) is 0 Å². The molecule has 1 saturated heterocycles. The van der Waals surface area contributed by atoms with E-state index in [0.717, 1.165) is 11.5 Å². The quantitative estimate of drug-likeness (QED) is 0.590. The van der Waals surface area contributed by atoms with Crippen molar-refractivity contribution in [2.75, 3.05) is 46.7 Å². The largest absolute Gasteiger partial charge is 0.493 e. The molecular weight excluding hydrogens is 378 g/mol. The molecule has 1 fully saturated rings. The maximum absolute atomic E-state index is 12.3. The van der Waals surface area contributed by atoms with Crippen LogP contribution in [0.1, 0.15) is 33.3 Å². The molecule has 28 heavy (non-hydrogen) atoms. The molecule has 1 aromatic carbocycles. The predicted octanol–water partition coefficient (Wildman–Crippen LogP) is 2.07. The summed E-state index contributed by atoms with van der Waals surface area (Å²) in [6, 6.07) is 5.92. The molecule has 0 unspecified atom stereocenters. The van der Waals surface area contributed by atoms with Crippen LogP contribution >= 0.6 is 0 Å². The second kappa shape index (κ2) is 8.19. The topological polar surface area (TPSA) is 80.2 Å². The Kier molecular flexibility index (Phi) is 6.53. The minimum Gasteiger partial charge on any atom is -0.493 e. The van der Waals surface area contributed by atoms with Gasteiger partial charge in [-0.05, 0) is 31.5 Å². The number of nitrogens with one attached hydrogen (secondary N) is 1. The van der Waals surface area contributed by atoms with Gasteiger partial charge < -0.3 is 19.7 Å². The van der Waals surface area contributed by atoms with Gasteiger partial charge in [-0.25, -0.2) is 8.42 Å². The van der Waals surface area contributed by atoms with Crippen molar-refractivity contribution in [1.29, 1.82) is 0 Å². The van der Waals surface area contributed by atoms with Crippen LogP contribution in [0.4, 0.5) is 0 Å². The lowest BCUT2D eigenvalue weighted by molar-refractivity contribution is 0.347. The maximum Gasteiger partial charge on any atom is 0.193 e. The van der Waals surface area contributed by atoms with Crippen molar-refractivity contribution < 1.29 is 17.9 Å². The van der Waals surface area contributed by atoms with Crippen LogP contribution in [-0.4, -0.2) is 70.7 Å². The van der Waals surface area contributed by atoms with E-state index in [1.165, 1.54) is 0 Å². The zero-order chi connectivity index (χ0) is 21.2. The summed E-state index contributed by atoms with van der Waals surface area (Å²) in [6.07, 6.45) is 0. The monoisotopic (exact) mass is 411 g/mol. The van der Waals surface area contributed by atoms with E-state index < -0.39 is 14.6 Å². The van der Waals surface area contributed by atoms with E-state index in [1.54, 1.807) is 35.1 Å². The summed E-state index contributed by atoms with van der Waals surface area (Å²) in [7, 11) is 1.88. The number of sulfone groups is 1. The zero-order valence-electron chi connectivity index (χ0n) is 18.0. The number of benzene rings is 1. The summed E-state index contributed by atoms with van der Waals surface area (Å²) in [5.74, 6) is 2.25. The second-order valence-electron chi connectivity index (χ2n) is 8.35. The molecule has 1 N–H and O–H groups in total. The third-order valence-electron chi connectivity index (χ3n) is 5.41. The molecule has 158 valence electrons. The van der Waals surface area contributed by atoms with E-state index in [9.17, 15) is 8.42 Å². The van der Waals surface area contributed by atoms with Gasteiger partial charge >= 0.3 is 0 Å². The van der Waals surface area contributed by atoms with E-state index in [2.05, 4.69) is 24.2 Å². The van der Waals surface area contributed by atoms with Crippen LogP contribution in [0.2, 0.25) is 0 Å². The second-order valence-corrected chi connectivity index (χ2v) is 11.1. The lowest BCUT2D eigenvalue weighted by atomic mass is 9.84. The van der Waals surface area contributed by atoms with Gasteiger partial charge in [-0.15, -0.1) is 0 Å². The van der Waals surface area contributed by atoms with Crippen LogP contribution in [0, 0.1) is 0 Å². The summed E-state index contributed by atoms with van der Waals surface area (Å²) < 4.78 is 34.5. The van der Waals surface area contributed by atoms with Gasteiger partial charge in [-0.1, -0.05) is 19.9 Å². The lowest BCUT2D eigenvalue weighted by Gasteiger charge is -2.40. The molecule has 1 aliphatic heterocycles. The van der Waals surface area contributed by atoms with Crippen molar-refractivity contribution in [2.24, 2.45) is 4.99 Å². The predicted molar refractivity (Wildman–Crippen MR) is 113 cm³/mol. The number of nitrogens with zero attached hydrogens (tertiary/aromatic N) is 2. The third-order valence-corrected chi connectivity index (χ3v) is 7.94. The summed E-state index contributed by atoms with van der Waals surface area (Å²) in [5.41, 5.74) is 0.905. The average molecular weight is 412 g/mol. The number of rotatable bonds is 5. The molecule has 0 amide bonds. The SMILES string of the molecule is CN=C(NCC(C)(C)c1ccc(OC)c(OC)c1)N1CCS(=O)(=O)C(C)(C)C1. The van der Waals surface area contributed by atoms with Crippen molar-refractivity contribution in [3.63, 3.8) is 0 Å². The average Bonchev–Trinajstić information content (AvgIpc) is 2.64. The summed E-state index contributed by atoms with van der Waals surface area (Å²) in [4.78, 5) is 6.39. The highest BCUT2D eigenvalue weighted by Gasteiger charge is 2.41. The Labute approximate surface area is 169 Å². The van der Waals surface area contributed by atoms with Gasteiger partial charge in [0.15, 0.2) is 27.3 Å². The van der Waals surface area contributed by atoms with E-state index in [4.69, 9.17) is 9.47 Å². The van der Waals surface area contributed by atoms with Gasteiger partial charge in [0.05, 0.1) is 24.7 Å². The highest BCUT2D eigenvalue weighted by Crippen LogP contribution is 2.33. The fraction of sp³-hybridized carbons (Fsp3) is 0.650. The number of hydrogen-bond acceptors (Lipinski definition) is 5. The highest BCUT2D eigenvalue weighted by molar-refractivity contribution is 7.92. The van der Waals surface area contributed by atoms with Crippen LogP contribution in [0.5, 0.6) is 11.5 Å². The van der Waals surface area contributed by atoms with Crippen LogP contribution < -0.4 is 14.8 Å².